The molecule has 0 bridgehead atoms. The maximum atomic E-state index is 12.4. The largest absolute Gasteiger partial charge is 0.451 e. The van der Waals surface area contributed by atoms with Crippen LogP contribution in [0, 0.1) is 0 Å². The fourth-order valence-electron chi connectivity index (χ4n) is 3.53. The van der Waals surface area contributed by atoms with E-state index in [1.165, 1.54) is 6.92 Å². The first kappa shape index (κ1) is 18.5. The van der Waals surface area contributed by atoms with Gasteiger partial charge in [-0.2, -0.15) is 0 Å². The average Bonchev–Trinajstić information content (AvgIpc) is 3.13. The van der Waals surface area contributed by atoms with Crippen LogP contribution in [-0.4, -0.2) is 71.4 Å². The lowest BCUT2D eigenvalue weighted by Gasteiger charge is -2.30. The summed E-state index contributed by atoms with van der Waals surface area (Å²) in [4.78, 5) is 37.8. The lowest BCUT2D eigenvalue weighted by molar-refractivity contribution is -0.161. The Bertz CT molecular complexity index is 709. The van der Waals surface area contributed by atoms with E-state index in [4.69, 9.17) is 4.74 Å². The third-order valence-corrected chi connectivity index (χ3v) is 8.23. The Morgan fingerprint density at radius 2 is 2.16 bits per heavy atom. The summed E-state index contributed by atoms with van der Waals surface area (Å²) >= 11 is 1.55. The highest BCUT2D eigenvalue weighted by atomic mass is 32.2. The number of carbonyl (C=O) groups excluding carboxylic acids is 3. The Morgan fingerprint density at radius 1 is 1.44 bits per heavy atom. The molecular formula is C15H22N2O6S2. The van der Waals surface area contributed by atoms with Gasteiger partial charge in [-0.25, -0.2) is 13.2 Å². The highest BCUT2D eigenvalue weighted by Gasteiger charge is 2.53. The Balaban J connectivity index is 1.56. The van der Waals surface area contributed by atoms with Crippen LogP contribution in [-0.2, 0) is 29.0 Å². The first-order chi connectivity index (χ1) is 11.6. The fourth-order valence-corrected chi connectivity index (χ4v) is 6.62. The third-order valence-electron chi connectivity index (χ3n) is 4.96. The van der Waals surface area contributed by atoms with E-state index >= 15 is 0 Å². The second-order valence-electron chi connectivity index (χ2n) is 6.95. The van der Waals surface area contributed by atoms with Crippen molar-refractivity contribution in [2.24, 2.45) is 0 Å². The van der Waals surface area contributed by atoms with Crippen LogP contribution in [0.1, 0.15) is 33.1 Å². The molecule has 8 nitrogen and oxygen atoms in total. The van der Waals surface area contributed by atoms with Crippen LogP contribution in [0.3, 0.4) is 0 Å². The topological polar surface area (TPSA) is 110 Å². The SMILES string of the molecule is C[C@H](OC(=O)[C@@H]1CS[C@@]2(C)CCC(=O)N12)C(=O)N[C@H]1CCS(=O)(=O)C1. The second kappa shape index (κ2) is 6.46. The van der Waals surface area contributed by atoms with Crippen molar-refractivity contribution in [2.75, 3.05) is 17.3 Å². The van der Waals surface area contributed by atoms with Crippen LogP contribution >= 0.6 is 11.8 Å². The number of hydrogen-bond acceptors (Lipinski definition) is 7. The number of thioether (sulfide) groups is 1. The van der Waals surface area contributed by atoms with Crippen molar-refractivity contribution in [1.82, 2.24) is 10.2 Å². The van der Waals surface area contributed by atoms with Crippen molar-refractivity contribution >= 4 is 39.4 Å². The van der Waals surface area contributed by atoms with Gasteiger partial charge in [-0.3, -0.25) is 9.59 Å². The summed E-state index contributed by atoms with van der Waals surface area (Å²) in [6.07, 6.45) is 0.450. The van der Waals surface area contributed by atoms with E-state index in [0.29, 0.717) is 25.0 Å². The number of amides is 2. The summed E-state index contributed by atoms with van der Waals surface area (Å²) < 4.78 is 28.1. The highest BCUT2D eigenvalue weighted by molar-refractivity contribution is 8.01. The van der Waals surface area contributed by atoms with Crippen molar-refractivity contribution < 1.29 is 27.5 Å². The smallest absolute Gasteiger partial charge is 0.330 e. The first-order valence-electron chi connectivity index (χ1n) is 8.29. The molecule has 140 valence electrons. The molecule has 3 saturated heterocycles. The van der Waals surface area contributed by atoms with E-state index in [1.807, 2.05) is 6.92 Å². The Labute approximate surface area is 150 Å². The number of nitrogens with zero attached hydrogens (tertiary/aromatic N) is 1. The Kier molecular flexibility index (Phi) is 4.78. The fraction of sp³-hybridized carbons (Fsp3) is 0.800. The van der Waals surface area contributed by atoms with Crippen LogP contribution in [0.5, 0.6) is 0 Å². The molecule has 4 atom stereocenters. The predicted octanol–water partition coefficient (Wildman–Crippen LogP) is -0.325. The lowest BCUT2D eigenvalue weighted by atomic mass is 10.2. The van der Waals surface area contributed by atoms with Crippen LogP contribution < -0.4 is 5.32 Å². The summed E-state index contributed by atoms with van der Waals surface area (Å²) in [5, 5.41) is 2.61. The van der Waals surface area contributed by atoms with E-state index in [2.05, 4.69) is 5.32 Å². The Morgan fingerprint density at radius 3 is 2.80 bits per heavy atom. The van der Waals surface area contributed by atoms with Gasteiger partial charge in [-0.15, -0.1) is 11.8 Å². The zero-order valence-electron chi connectivity index (χ0n) is 14.2. The van der Waals surface area contributed by atoms with Crippen molar-refractivity contribution in [1.29, 1.82) is 0 Å². The van der Waals surface area contributed by atoms with Gasteiger partial charge < -0.3 is 15.0 Å². The maximum Gasteiger partial charge on any atom is 0.330 e. The molecule has 2 amide bonds. The number of esters is 1. The molecule has 0 unspecified atom stereocenters. The summed E-state index contributed by atoms with van der Waals surface area (Å²) in [6.45, 7) is 3.39. The van der Waals surface area contributed by atoms with E-state index < -0.39 is 39.9 Å². The van der Waals surface area contributed by atoms with Gasteiger partial charge in [0.1, 0.15) is 6.04 Å². The predicted molar refractivity (Wildman–Crippen MR) is 91.5 cm³/mol. The molecule has 3 aliphatic heterocycles. The normalized spacial score (nSPS) is 34.6. The van der Waals surface area contributed by atoms with Crippen molar-refractivity contribution in [3.8, 4) is 0 Å². The van der Waals surface area contributed by atoms with Crippen LogP contribution in [0.4, 0.5) is 0 Å². The summed E-state index contributed by atoms with van der Waals surface area (Å²) in [7, 11) is -3.10. The molecule has 0 aromatic carbocycles. The molecule has 3 rings (SSSR count). The zero-order chi connectivity index (χ0) is 18.4. The molecule has 0 aromatic heterocycles. The van der Waals surface area contributed by atoms with Crippen molar-refractivity contribution in [2.45, 2.75) is 56.2 Å². The maximum absolute atomic E-state index is 12.4. The minimum Gasteiger partial charge on any atom is -0.451 e. The van der Waals surface area contributed by atoms with Crippen LogP contribution in [0.15, 0.2) is 0 Å². The molecule has 3 aliphatic rings. The summed E-state index contributed by atoms with van der Waals surface area (Å²) in [5.74, 6) is -0.746. The van der Waals surface area contributed by atoms with Crippen molar-refractivity contribution in [3.63, 3.8) is 0 Å². The molecule has 3 fully saturated rings. The van der Waals surface area contributed by atoms with Crippen LogP contribution in [0.2, 0.25) is 0 Å². The van der Waals surface area contributed by atoms with Crippen LogP contribution in [0.25, 0.3) is 0 Å². The van der Waals surface area contributed by atoms with Gasteiger partial charge in [-0.1, -0.05) is 0 Å². The Hall–Kier alpha value is -1.29. The third kappa shape index (κ3) is 3.64. The molecule has 1 N–H and O–H groups in total. The average molecular weight is 390 g/mol. The number of ether oxygens (including phenoxy) is 1. The van der Waals surface area contributed by atoms with Gasteiger partial charge in [-0.05, 0) is 26.7 Å². The van der Waals surface area contributed by atoms with E-state index in [9.17, 15) is 22.8 Å². The van der Waals surface area contributed by atoms with E-state index in [1.54, 1.807) is 16.7 Å². The molecular weight excluding hydrogens is 368 g/mol. The molecule has 0 saturated carbocycles. The summed E-state index contributed by atoms with van der Waals surface area (Å²) in [5.41, 5.74) is 0. The minimum absolute atomic E-state index is 0.0566. The van der Waals surface area contributed by atoms with Gasteiger partial charge in [0.15, 0.2) is 15.9 Å². The van der Waals surface area contributed by atoms with Gasteiger partial charge in [0, 0.05) is 18.2 Å². The molecule has 10 heteroatoms. The number of sulfone groups is 1. The minimum atomic E-state index is -3.10. The number of nitrogens with one attached hydrogen (secondary N) is 1. The molecule has 25 heavy (non-hydrogen) atoms. The summed E-state index contributed by atoms with van der Waals surface area (Å²) in [6, 6.07) is -1.11. The van der Waals surface area contributed by atoms with E-state index in [0.717, 1.165) is 0 Å². The number of carbonyl (C=O) groups is 3. The standard InChI is InChI=1S/C15H22N2O6S2/c1-9(13(19)16-10-4-6-25(21,22)8-10)23-14(20)11-7-24-15(2)5-3-12(18)17(11)15/h9-11H,3-8H2,1-2H3,(H,16,19)/t9-,10-,11-,15-/m0/s1. The lowest BCUT2D eigenvalue weighted by Crippen LogP contribution is -2.49. The zero-order valence-corrected chi connectivity index (χ0v) is 15.8. The first-order valence-corrected chi connectivity index (χ1v) is 11.1. The highest BCUT2D eigenvalue weighted by Crippen LogP contribution is 2.47. The second-order valence-corrected chi connectivity index (χ2v) is 10.7. The van der Waals surface area contributed by atoms with E-state index in [-0.39, 0.29) is 22.3 Å². The van der Waals surface area contributed by atoms with Crippen molar-refractivity contribution in [3.05, 3.63) is 0 Å². The van der Waals surface area contributed by atoms with Gasteiger partial charge in [0.25, 0.3) is 5.91 Å². The molecule has 0 radical (unpaired) electrons. The molecule has 0 aliphatic carbocycles. The number of rotatable bonds is 4. The molecule has 0 spiro atoms. The number of hydrogen-bond donors (Lipinski definition) is 1. The molecule has 3 heterocycles. The quantitative estimate of drug-likeness (QED) is 0.655. The monoisotopic (exact) mass is 390 g/mol. The van der Waals surface area contributed by atoms with Gasteiger partial charge >= 0.3 is 5.97 Å². The van der Waals surface area contributed by atoms with Gasteiger partial charge in [0.2, 0.25) is 5.91 Å². The number of fused-ring (bicyclic) bond motifs is 1. The van der Waals surface area contributed by atoms with Gasteiger partial charge in [0.05, 0.1) is 16.4 Å². The molecule has 0 aromatic rings.